The molecule has 0 aliphatic rings. The molecule has 1 aromatic carbocycles. The van der Waals surface area contributed by atoms with Crippen LogP contribution in [0.4, 0.5) is 0 Å². The summed E-state index contributed by atoms with van der Waals surface area (Å²) in [5.41, 5.74) is 1.33. The summed E-state index contributed by atoms with van der Waals surface area (Å²) >= 11 is 0. The predicted molar refractivity (Wildman–Crippen MR) is 57.5 cm³/mol. The molecular weight excluding hydrogens is 214 g/mol. The fraction of sp³-hybridized carbons (Fsp3) is 0.200. The highest BCUT2D eigenvalue weighted by Crippen LogP contribution is 2.28. The van der Waals surface area contributed by atoms with Crippen LogP contribution < -0.4 is 0 Å². The van der Waals surface area contributed by atoms with Gasteiger partial charge in [0.05, 0.1) is 0 Å². The molecule has 15 heavy (non-hydrogen) atoms. The fourth-order valence-electron chi connectivity index (χ4n) is 1.81. The Bertz CT molecular complexity index is 625. The van der Waals surface area contributed by atoms with Gasteiger partial charge in [0.1, 0.15) is 4.90 Å². The normalized spacial score (nSPS) is 12.2. The van der Waals surface area contributed by atoms with Crippen LogP contribution in [0.25, 0.3) is 10.9 Å². The minimum Gasteiger partial charge on any atom is -0.347 e. The number of benzene rings is 1. The molecule has 2 aromatic rings. The van der Waals surface area contributed by atoms with Crippen molar-refractivity contribution in [1.82, 2.24) is 4.57 Å². The summed E-state index contributed by atoms with van der Waals surface area (Å²) in [6.07, 6.45) is 0. The van der Waals surface area contributed by atoms with Crippen molar-refractivity contribution in [1.29, 1.82) is 0 Å². The molecule has 0 aliphatic heterocycles. The van der Waals surface area contributed by atoms with Crippen LogP contribution in [-0.4, -0.2) is 17.5 Å². The summed E-state index contributed by atoms with van der Waals surface area (Å²) in [5, 5.41) is 0.556. The van der Waals surface area contributed by atoms with E-state index in [0.717, 1.165) is 5.52 Å². The zero-order valence-electron chi connectivity index (χ0n) is 8.43. The highest BCUT2D eigenvalue weighted by Gasteiger charge is 2.21. The van der Waals surface area contributed by atoms with Gasteiger partial charge in [-0.25, -0.2) is 0 Å². The first-order valence-corrected chi connectivity index (χ1v) is 5.88. The monoisotopic (exact) mass is 225 g/mol. The fourth-order valence-corrected chi connectivity index (χ4v) is 2.77. The van der Waals surface area contributed by atoms with Gasteiger partial charge in [0.25, 0.3) is 10.1 Å². The van der Waals surface area contributed by atoms with Crippen molar-refractivity contribution in [2.75, 3.05) is 0 Å². The van der Waals surface area contributed by atoms with Crippen LogP contribution in [0.3, 0.4) is 0 Å². The average Bonchev–Trinajstić information content (AvgIpc) is 2.39. The molecule has 1 aromatic heterocycles. The average molecular weight is 225 g/mol. The number of para-hydroxylation sites is 1. The maximum absolute atomic E-state index is 11.2. The van der Waals surface area contributed by atoms with E-state index >= 15 is 0 Å². The van der Waals surface area contributed by atoms with E-state index in [0.29, 0.717) is 11.1 Å². The molecule has 4 nitrogen and oxygen atoms in total. The molecule has 0 spiro atoms. The minimum absolute atomic E-state index is 0.000556. The second kappa shape index (κ2) is 3.08. The second-order valence-electron chi connectivity index (χ2n) is 3.47. The largest absolute Gasteiger partial charge is 0.347 e. The summed E-state index contributed by atoms with van der Waals surface area (Å²) in [5.74, 6) is 0. The Balaban J connectivity index is 3.03. The summed E-state index contributed by atoms with van der Waals surface area (Å²) in [7, 11) is -2.39. The van der Waals surface area contributed by atoms with Crippen LogP contribution in [0.1, 0.15) is 5.69 Å². The smallest absolute Gasteiger partial charge is 0.296 e. The number of nitrogens with zero attached hydrogens (tertiary/aromatic N) is 1. The Morgan fingerprint density at radius 2 is 1.87 bits per heavy atom. The first-order chi connectivity index (χ1) is 6.93. The lowest BCUT2D eigenvalue weighted by atomic mass is 10.2. The maximum atomic E-state index is 11.2. The number of hydrogen-bond donors (Lipinski definition) is 1. The molecule has 0 radical (unpaired) electrons. The van der Waals surface area contributed by atoms with Gasteiger partial charge in [0, 0.05) is 23.6 Å². The van der Waals surface area contributed by atoms with Crippen LogP contribution >= 0.6 is 0 Å². The van der Waals surface area contributed by atoms with E-state index in [2.05, 4.69) is 0 Å². The maximum Gasteiger partial charge on any atom is 0.296 e. The highest BCUT2D eigenvalue weighted by molar-refractivity contribution is 7.86. The van der Waals surface area contributed by atoms with Crippen molar-refractivity contribution >= 4 is 21.0 Å². The Morgan fingerprint density at radius 1 is 1.27 bits per heavy atom. The molecule has 0 saturated heterocycles. The summed E-state index contributed by atoms with van der Waals surface area (Å²) in [6, 6.07) is 7.08. The van der Waals surface area contributed by atoms with Crippen LogP contribution in [0, 0.1) is 6.92 Å². The van der Waals surface area contributed by atoms with Crippen LogP contribution in [0.2, 0.25) is 0 Å². The molecule has 80 valence electrons. The predicted octanol–water partition coefficient (Wildman–Crippen LogP) is 1.73. The minimum atomic E-state index is -4.16. The molecule has 0 unspecified atom stereocenters. The molecule has 0 saturated carbocycles. The van der Waals surface area contributed by atoms with Crippen LogP contribution in [0.5, 0.6) is 0 Å². The number of hydrogen-bond acceptors (Lipinski definition) is 2. The van der Waals surface area contributed by atoms with Gasteiger partial charge in [-0.3, -0.25) is 4.55 Å². The summed E-state index contributed by atoms with van der Waals surface area (Å²) in [4.78, 5) is 0.000556. The van der Waals surface area contributed by atoms with E-state index in [4.69, 9.17) is 4.55 Å². The lowest BCUT2D eigenvalue weighted by Gasteiger charge is -1.98. The third-order valence-corrected chi connectivity index (χ3v) is 3.63. The standard InChI is InChI=1S/C10H11NO3S/c1-7-10(15(12,13)14)8-5-3-4-6-9(8)11(7)2/h3-6H,1-2H3,(H,12,13,14). The molecule has 2 rings (SSSR count). The quantitative estimate of drug-likeness (QED) is 0.752. The summed E-state index contributed by atoms with van der Waals surface area (Å²) < 4.78 is 33.3. The second-order valence-corrected chi connectivity index (χ2v) is 4.82. The third kappa shape index (κ3) is 1.44. The first-order valence-electron chi connectivity index (χ1n) is 4.44. The molecule has 1 heterocycles. The van der Waals surface area contributed by atoms with Crippen molar-refractivity contribution < 1.29 is 13.0 Å². The van der Waals surface area contributed by atoms with Crippen LogP contribution in [0.15, 0.2) is 29.2 Å². The Hall–Kier alpha value is -1.33. The van der Waals surface area contributed by atoms with Gasteiger partial charge in [-0.05, 0) is 13.0 Å². The van der Waals surface area contributed by atoms with Gasteiger partial charge >= 0.3 is 0 Å². The van der Waals surface area contributed by atoms with Gasteiger partial charge in [-0.15, -0.1) is 0 Å². The van der Waals surface area contributed by atoms with E-state index in [1.807, 2.05) is 12.1 Å². The lowest BCUT2D eigenvalue weighted by molar-refractivity contribution is 0.483. The molecular formula is C10H11NO3S. The lowest BCUT2D eigenvalue weighted by Crippen LogP contribution is -2.00. The highest BCUT2D eigenvalue weighted by atomic mass is 32.2. The van der Waals surface area contributed by atoms with E-state index in [-0.39, 0.29) is 4.90 Å². The van der Waals surface area contributed by atoms with E-state index < -0.39 is 10.1 Å². The number of aryl methyl sites for hydroxylation is 1. The topological polar surface area (TPSA) is 59.3 Å². The Labute approximate surface area is 87.9 Å². The molecule has 0 amide bonds. The van der Waals surface area contributed by atoms with Gasteiger partial charge < -0.3 is 4.57 Å². The number of rotatable bonds is 1. The molecule has 0 bridgehead atoms. The van der Waals surface area contributed by atoms with Gasteiger partial charge in [-0.1, -0.05) is 18.2 Å². The molecule has 0 fully saturated rings. The zero-order valence-corrected chi connectivity index (χ0v) is 9.25. The Kier molecular flexibility index (Phi) is 2.09. The van der Waals surface area contributed by atoms with E-state index in [1.54, 1.807) is 30.7 Å². The van der Waals surface area contributed by atoms with Crippen molar-refractivity contribution in [3.8, 4) is 0 Å². The van der Waals surface area contributed by atoms with Crippen molar-refractivity contribution in [3.05, 3.63) is 30.0 Å². The Morgan fingerprint density at radius 3 is 2.47 bits per heavy atom. The first kappa shape index (κ1) is 10.2. The summed E-state index contributed by atoms with van der Waals surface area (Å²) in [6.45, 7) is 1.67. The van der Waals surface area contributed by atoms with Crippen molar-refractivity contribution in [3.63, 3.8) is 0 Å². The van der Waals surface area contributed by atoms with Gasteiger partial charge in [-0.2, -0.15) is 8.42 Å². The number of fused-ring (bicyclic) bond motifs is 1. The molecule has 5 heteroatoms. The third-order valence-electron chi connectivity index (χ3n) is 2.60. The van der Waals surface area contributed by atoms with Gasteiger partial charge in [0.2, 0.25) is 0 Å². The van der Waals surface area contributed by atoms with Crippen molar-refractivity contribution in [2.24, 2.45) is 7.05 Å². The van der Waals surface area contributed by atoms with Crippen molar-refractivity contribution in [2.45, 2.75) is 11.8 Å². The molecule has 0 aliphatic carbocycles. The molecule has 1 N–H and O–H groups in total. The van der Waals surface area contributed by atoms with Gasteiger partial charge in [0.15, 0.2) is 0 Å². The molecule has 0 atom stereocenters. The van der Waals surface area contributed by atoms with E-state index in [9.17, 15) is 8.42 Å². The van der Waals surface area contributed by atoms with Crippen LogP contribution in [-0.2, 0) is 17.2 Å². The SMILES string of the molecule is Cc1c(S(=O)(=O)O)c2ccccc2n1C. The van der Waals surface area contributed by atoms with E-state index in [1.165, 1.54) is 0 Å². The number of aromatic nitrogens is 1. The zero-order chi connectivity index (χ0) is 11.2.